The van der Waals surface area contributed by atoms with Gasteiger partial charge in [0.2, 0.25) is 0 Å². The number of benzene rings is 1. The predicted octanol–water partition coefficient (Wildman–Crippen LogP) is 1.27. The van der Waals surface area contributed by atoms with Crippen LogP contribution in [0.1, 0.15) is 37.9 Å². The van der Waals surface area contributed by atoms with E-state index in [0.29, 0.717) is 30.0 Å². The minimum absolute atomic E-state index is 0.00713. The van der Waals surface area contributed by atoms with Crippen LogP contribution in [-0.4, -0.2) is 21.8 Å². The number of aromatic nitrogens is 2. The first-order chi connectivity index (χ1) is 12.5. The Morgan fingerprint density at radius 1 is 1.19 bits per heavy atom. The molecule has 26 heavy (non-hydrogen) atoms. The van der Waals surface area contributed by atoms with E-state index in [0.717, 1.165) is 5.56 Å². The molecule has 0 aliphatic carbocycles. The van der Waals surface area contributed by atoms with E-state index in [1.807, 2.05) is 6.07 Å². The Morgan fingerprint density at radius 3 is 2.77 bits per heavy atom. The van der Waals surface area contributed by atoms with Gasteiger partial charge in [-0.3, -0.25) is 9.59 Å². The van der Waals surface area contributed by atoms with Crippen molar-refractivity contribution >= 4 is 17.6 Å². The molecule has 3 rings (SSSR count). The summed E-state index contributed by atoms with van der Waals surface area (Å²) in [6.07, 6.45) is 3.41. The quantitative estimate of drug-likeness (QED) is 0.611. The smallest absolute Gasteiger partial charge is 0.271 e. The highest BCUT2D eigenvalue weighted by molar-refractivity contribution is 5.95. The fourth-order valence-electron chi connectivity index (χ4n) is 2.42. The molecule has 0 radical (unpaired) electrons. The van der Waals surface area contributed by atoms with Crippen molar-refractivity contribution in [2.75, 3.05) is 5.73 Å². The van der Waals surface area contributed by atoms with E-state index >= 15 is 0 Å². The molecule has 132 valence electrons. The lowest BCUT2D eigenvalue weighted by Gasteiger charge is -2.07. The molecule has 0 atom stereocenters. The summed E-state index contributed by atoms with van der Waals surface area (Å²) < 4.78 is 5.18. The van der Waals surface area contributed by atoms with Gasteiger partial charge in [0, 0.05) is 12.0 Å². The molecule has 0 aliphatic rings. The number of nitrogens with one attached hydrogen (secondary N) is 1. The number of hydrogen-bond donors (Lipinski definition) is 3. The number of nitrogen functional groups attached to an aromatic ring is 1. The van der Waals surface area contributed by atoms with Crippen molar-refractivity contribution in [3.63, 3.8) is 0 Å². The van der Waals surface area contributed by atoms with Crippen LogP contribution in [0.25, 0.3) is 0 Å². The van der Waals surface area contributed by atoms with Gasteiger partial charge >= 0.3 is 0 Å². The Labute approximate surface area is 149 Å². The summed E-state index contributed by atoms with van der Waals surface area (Å²) in [5.74, 6) is -0.287. The number of carbonyl (C=O) groups excluding carboxylic acids is 2. The van der Waals surface area contributed by atoms with Gasteiger partial charge in [-0.1, -0.05) is 12.1 Å². The van der Waals surface area contributed by atoms with Crippen LogP contribution in [0.15, 0.2) is 53.3 Å². The molecular formula is C18H17N5O3. The van der Waals surface area contributed by atoms with E-state index in [9.17, 15) is 9.59 Å². The molecule has 0 unspecified atom stereocenters. The van der Waals surface area contributed by atoms with Gasteiger partial charge in [-0.25, -0.2) is 9.97 Å². The Kier molecular flexibility index (Phi) is 4.93. The van der Waals surface area contributed by atoms with Gasteiger partial charge in [0.15, 0.2) is 11.5 Å². The number of anilines is 1. The summed E-state index contributed by atoms with van der Waals surface area (Å²) in [5, 5.41) is 2.79. The third kappa shape index (κ3) is 4.04. The summed E-state index contributed by atoms with van der Waals surface area (Å²) in [5.41, 5.74) is 12.6. The highest BCUT2D eigenvalue weighted by atomic mass is 16.3. The fraction of sp³-hybridized carbons (Fsp3) is 0.111. The number of nitrogens with two attached hydrogens (primary N) is 2. The van der Waals surface area contributed by atoms with Crippen LogP contribution in [-0.2, 0) is 13.0 Å². The topological polar surface area (TPSA) is 137 Å². The first kappa shape index (κ1) is 17.2. The standard InChI is InChI=1S/C18H17N5O3/c19-16-15(17(20)24)23-13(9-21-16)8-11-3-1-4-12(7-11)18(25)22-10-14-5-2-6-26-14/h1-7,9H,8,10H2,(H2,19,21)(H2,20,24)(H,22,25). The third-order valence-electron chi connectivity index (χ3n) is 3.66. The molecule has 0 saturated heterocycles. The van der Waals surface area contributed by atoms with Crippen LogP contribution in [0, 0.1) is 0 Å². The molecule has 0 fully saturated rings. The Morgan fingerprint density at radius 2 is 2.04 bits per heavy atom. The maximum atomic E-state index is 12.3. The van der Waals surface area contributed by atoms with Gasteiger partial charge in [0.1, 0.15) is 5.76 Å². The Bertz CT molecular complexity index is 938. The summed E-state index contributed by atoms with van der Waals surface area (Å²) in [7, 11) is 0. The van der Waals surface area contributed by atoms with Gasteiger partial charge in [0.05, 0.1) is 24.7 Å². The number of hydrogen-bond acceptors (Lipinski definition) is 6. The largest absolute Gasteiger partial charge is 0.467 e. The first-order valence-electron chi connectivity index (χ1n) is 7.83. The second-order valence-corrected chi connectivity index (χ2v) is 5.60. The van der Waals surface area contributed by atoms with Crippen molar-refractivity contribution in [2.24, 2.45) is 5.73 Å². The van der Waals surface area contributed by atoms with Crippen LogP contribution < -0.4 is 16.8 Å². The third-order valence-corrected chi connectivity index (χ3v) is 3.66. The van der Waals surface area contributed by atoms with Gasteiger partial charge in [-0.05, 0) is 29.8 Å². The Balaban J connectivity index is 1.72. The molecule has 0 saturated carbocycles. The van der Waals surface area contributed by atoms with Crippen molar-refractivity contribution in [3.8, 4) is 0 Å². The number of rotatable bonds is 6. The van der Waals surface area contributed by atoms with Crippen LogP contribution in [0.2, 0.25) is 0 Å². The van der Waals surface area contributed by atoms with Crippen LogP contribution in [0.4, 0.5) is 5.82 Å². The Hall–Kier alpha value is -3.68. The first-order valence-corrected chi connectivity index (χ1v) is 7.83. The zero-order valence-electron chi connectivity index (χ0n) is 13.8. The van der Waals surface area contributed by atoms with Crippen LogP contribution >= 0.6 is 0 Å². The minimum Gasteiger partial charge on any atom is -0.467 e. The summed E-state index contributed by atoms with van der Waals surface area (Å²) in [4.78, 5) is 31.7. The predicted molar refractivity (Wildman–Crippen MR) is 94.1 cm³/mol. The van der Waals surface area contributed by atoms with Crippen molar-refractivity contribution < 1.29 is 14.0 Å². The second kappa shape index (κ2) is 7.47. The van der Waals surface area contributed by atoms with Crippen LogP contribution in [0.5, 0.6) is 0 Å². The second-order valence-electron chi connectivity index (χ2n) is 5.60. The van der Waals surface area contributed by atoms with Gasteiger partial charge in [-0.15, -0.1) is 0 Å². The number of furan rings is 1. The zero-order chi connectivity index (χ0) is 18.5. The van der Waals surface area contributed by atoms with Crippen molar-refractivity contribution in [3.05, 3.63) is 77.1 Å². The van der Waals surface area contributed by atoms with Gasteiger partial charge in [-0.2, -0.15) is 0 Å². The molecule has 3 aromatic rings. The van der Waals surface area contributed by atoms with Crippen molar-refractivity contribution in [1.82, 2.24) is 15.3 Å². The molecule has 8 nitrogen and oxygen atoms in total. The molecule has 2 heterocycles. The molecule has 0 aliphatic heterocycles. The normalized spacial score (nSPS) is 10.5. The summed E-state index contributed by atoms with van der Waals surface area (Å²) >= 11 is 0. The lowest BCUT2D eigenvalue weighted by Crippen LogP contribution is -2.22. The molecule has 0 spiro atoms. The fourth-order valence-corrected chi connectivity index (χ4v) is 2.42. The maximum Gasteiger partial charge on any atom is 0.271 e. The molecule has 8 heteroatoms. The highest BCUT2D eigenvalue weighted by Crippen LogP contribution is 2.12. The summed E-state index contributed by atoms with van der Waals surface area (Å²) in [6, 6.07) is 10.6. The van der Waals surface area contributed by atoms with E-state index in [1.165, 1.54) is 6.20 Å². The number of primary amides is 1. The molecular weight excluding hydrogens is 334 g/mol. The number of amides is 2. The van der Waals surface area contributed by atoms with Gasteiger partial charge in [0.25, 0.3) is 11.8 Å². The molecule has 2 amide bonds. The van der Waals surface area contributed by atoms with Crippen molar-refractivity contribution in [1.29, 1.82) is 0 Å². The molecule has 1 aromatic carbocycles. The molecule has 2 aromatic heterocycles. The lowest BCUT2D eigenvalue weighted by atomic mass is 10.1. The van der Waals surface area contributed by atoms with Crippen molar-refractivity contribution in [2.45, 2.75) is 13.0 Å². The lowest BCUT2D eigenvalue weighted by molar-refractivity contribution is 0.0946. The number of carbonyl (C=O) groups is 2. The molecule has 5 N–H and O–H groups in total. The van der Waals surface area contributed by atoms with E-state index in [4.69, 9.17) is 15.9 Å². The van der Waals surface area contributed by atoms with E-state index in [-0.39, 0.29) is 17.4 Å². The van der Waals surface area contributed by atoms with E-state index in [1.54, 1.807) is 36.6 Å². The van der Waals surface area contributed by atoms with Crippen LogP contribution in [0.3, 0.4) is 0 Å². The average molecular weight is 351 g/mol. The zero-order valence-corrected chi connectivity index (χ0v) is 13.8. The SMILES string of the molecule is NC(=O)c1nc(Cc2cccc(C(=O)NCc3ccco3)c2)cnc1N. The maximum absolute atomic E-state index is 12.3. The number of nitrogens with zero attached hydrogens (tertiary/aromatic N) is 2. The van der Waals surface area contributed by atoms with Gasteiger partial charge < -0.3 is 21.2 Å². The minimum atomic E-state index is -0.733. The average Bonchev–Trinajstić information content (AvgIpc) is 3.15. The van der Waals surface area contributed by atoms with E-state index in [2.05, 4.69) is 15.3 Å². The van der Waals surface area contributed by atoms with E-state index < -0.39 is 5.91 Å². The molecule has 0 bridgehead atoms. The summed E-state index contributed by atoms with van der Waals surface area (Å²) in [6.45, 7) is 0.307. The monoisotopic (exact) mass is 351 g/mol. The highest BCUT2D eigenvalue weighted by Gasteiger charge is 2.12.